The van der Waals surface area contributed by atoms with Crippen LogP contribution in [-0.2, 0) is 4.74 Å². The molecule has 0 spiro atoms. The van der Waals surface area contributed by atoms with Crippen molar-refractivity contribution in [3.63, 3.8) is 0 Å². The van der Waals surface area contributed by atoms with Crippen molar-refractivity contribution < 1.29 is 13.9 Å². The summed E-state index contributed by atoms with van der Waals surface area (Å²) in [7, 11) is 0. The van der Waals surface area contributed by atoms with Gasteiger partial charge in [-0.2, -0.15) is 15.1 Å². The van der Waals surface area contributed by atoms with Crippen LogP contribution in [0.2, 0.25) is 0 Å². The van der Waals surface area contributed by atoms with Crippen LogP contribution < -0.4 is 20.4 Å². The molecule has 0 atom stereocenters. The first-order valence-electron chi connectivity index (χ1n) is 12.1. The van der Waals surface area contributed by atoms with Gasteiger partial charge in [0, 0.05) is 50.2 Å². The number of nitrogens with one attached hydrogen (secondary N) is 1. The molecule has 2 fully saturated rings. The van der Waals surface area contributed by atoms with Crippen LogP contribution in [0.1, 0.15) is 24.8 Å². The largest absolute Gasteiger partial charge is 0.464 e. The van der Waals surface area contributed by atoms with Crippen molar-refractivity contribution in [1.82, 2.24) is 14.9 Å². The van der Waals surface area contributed by atoms with E-state index in [4.69, 9.17) is 18.9 Å². The Kier molecular flexibility index (Phi) is 7.21. The zero-order valence-corrected chi connectivity index (χ0v) is 19.7. The predicted molar refractivity (Wildman–Crippen MR) is 131 cm³/mol. The molecule has 3 aromatic rings. The Bertz CT molecular complexity index is 1170. The third-order valence-electron chi connectivity index (χ3n) is 6.24. The second kappa shape index (κ2) is 10.8. The van der Waals surface area contributed by atoms with Gasteiger partial charge in [-0.3, -0.25) is 10.3 Å². The fourth-order valence-corrected chi connectivity index (χ4v) is 4.33. The molecule has 0 radical (unpaired) electrons. The van der Waals surface area contributed by atoms with Gasteiger partial charge in [-0.15, -0.1) is 0 Å². The first-order chi connectivity index (χ1) is 16.7. The molecule has 34 heavy (non-hydrogen) atoms. The third kappa shape index (κ3) is 5.66. The first-order valence-corrected chi connectivity index (χ1v) is 12.1. The highest BCUT2D eigenvalue weighted by Gasteiger charge is 2.16. The van der Waals surface area contributed by atoms with Gasteiger partial charge in [0.15, 0.2) is 5.82 Å². The zero-order chi connectivity index (χ0) is 23.2. The summed E-state index contributed by atoms with van der Waals surface area (Å²) < 4.78 is 17.0. The Hall–Kier alpha value is -3.17. The molecule has 0 saturated carbocycles. The molecule has 2 aromatic heterocycles. The lowest BCUT2D eigenvalue weighted by atomic mass is 10.1. The summed E-state index contributed by atoms with van der Waals surface area (Å²) in [6.07, 6.45) is 5.25. The molecule has 180 valence electrons. The maximum Gasteiger partial charge on any atom is 0.320 e. The minimum atomic E-state index is 0.373. The SMILES string of the molecule is Cc1ccc2occ/c(=N\Nc3cc(N4CCCCC4)nc(OCCN4CCOCC4)n3)c2c1. The fraction of sp³-hybridized carbons (Fsp3) is 0.480. The van der Waals surface area contributed by atoms with Gasteiger partial charge in [0.25, 0.3) is 0 Å². The number of ether oxygens (including phenoxy) is 2. The van der Waals surface area contributed by atoms with Crippen LogP contribution in [0.15, 0.2) is 46.1 Å². The number of fused-ring (bicyclic) bond motifs is 1. The minimum absolute atomic E-state index is 0.373. The molecule has 0 amide bonds. The number of aromatic nitrogens is 2. The van der Waals surface area contributed by atoms with Gasteiger partial charge in [0.1, 0.15) is 18.0 Å². The van der Waals surface area contributed by atoms with Crippen LogP contribution in [0.3, 0.4) is 0 Å². The molecule has 9 heteroatoms. The van der Waals surface area contributed by atoms with Gasteiger partial charge in [0.05, 0.1) is 24.8 Å². The van der Waals surface area contributed by atoms with E-state index in [2.05, 4.69) is 38.3 Å². The van der Waals surface area contributed by atoms with Gasteiger partial charge >= 0.3 is 6.01 Å². The van der Waals surface area contributed by atoms with Crippen LogP contribution in [-0.4, -0.2) is 67.4 Å². The van der Waals surface area contributed by atoms with Crippen molar-refractivity contribution in [2.45, 2.75) is 26.2 Å². The lowest BCUT2D eigenvalue weighted by Gasteiger charge is -2.28. The van der Waals surface area contributed by atoms with E-state index in [0.717, 1.165) is 73.6 Å². The number of hydrogen-bond donors (Lipinski definition) is 1. The number of rotatable bonds is 7. The Morgan fingerprint density at radius 2 is 1.88 bits per heavy atom. The summed E-state index contributed by atoms with van der Waals surface area (Å²) in [5.41, 5.74) is 5.07. The summed E-state index contributed by atoms with van der Waals surface area (Å²) in [6, 6.07) is 10.2. The Morgan fingerprint density at radius 1 is 1.03 bits per heavy atom. The smallest absolute Gasteiger partial charge is 0.320 e. The van der Waals surface area contributed by atoms with E-state index in [1.54, 1.807) is 6.26 Å². The average Bonchev–Trinajstić information content (AvgIpc) is 2.88. The maximum absolute atomic E-state index is 5.99. The maximum atomic E-state index is 5.99. The van der Waals surface area contributed by atoms with Gasteiger partial charge in [-0.25, -0.2) is 0 Å². The topological polar surface area (TPSA) is 88.2 Å². The molecule has 1 N–H and O–H groups in total. The molecule has 9 nitrogen and oxygen atoms in total. The highest BCUT2D eigenvalue weighted by Crippen LogP contribution is 2.23. The van der Waals surface area contributed by atoms with Crippen LogP contribution >= 0.6 is 0 Å². The molecule has 1 aromatic carbocycles. The van der Waals surface area contributed by atoms with E-state index in [0.29, 0.717) is 18.4 Å². The molecule has 2 saturated heterocycles. The molecule has 0 bridgehead atoms. The highest BCUT2D eigenvalue weighted by molar-refractivity contribution is 5.76. The summed E-state index contributed by atoms with van der Waals surface area (Å²) >= 11 is 0. The summed E-state index contributed by atoms with van der Waals surface area (Å²) in [4.78, 5) is 13.9. The molecule has 0 unspecified atom stereocenters. The monoisotopic (exact) mass is 464 g/mol. The van der Waals surface area contributed by atoms with Gasteiger partial charge < -0.3 is 18.8 Å². The van der Waals surface area contributed by atoms with E-state index in [1.165, 1.54) is 19.3 Å². The van der Waals surface area contributed by atoms with Crippen LogP contribution in [0, 0.1) is 6.92 Å². The number of nitrogens with zero attached hydrogens (tertiary/aromatic N) is 5. The minimum Gasteiger partial charge on any atom is -0.464 e. The number of aryl methyl sites for hydroxylation is 1. The van der Waals surface area contributed by atoms with E-state index >= 15 is 0 Å². The van der Waals surface area contributed by atoms with Crippen molar-refractivity contribution in [3.05, 3.63) is 47.5 Å². The van der Waals surface area contributed by atoms with Crippen LogP contribution in [0.25, 0.3) is 11.0 Å². The Balaban J connectivity index is 1.37. The standard InChI is InChI=1S/C25H32N6O3/c1-19-5-6-22-20(17-19)21(7-13-33-22)28-29-23-18-24(31-8-3-2-4-9-31)27-25(26-23)34-16-12-30-10-14-32-15-11-30/h5-7,13,17-18H,2-4,8-12,14-16H2,1H3,(H,26,27,29)/b28-21+. The molecule has 2 aliphatic rings. The third-order valence-corrected chi connectivity index (χ3v) is 6.24. The van der Waals surface area contributed by atoms with Crippen molar-refractivity contribution in [1.29, 1.82) is 0 Å². The molecule has 5 rings (SSSR count). The fourth-order valence-electron chi connectivity index (χ4n) is 4.33. The van der Waals surface area contributed by atoms with Crippen LogP contribution in [0.5, 0.6) is 6.01 Å². The van der Waals surface area contributed by atoms with Crippen molar-refractivity contribution in [3.8, 4) is 6.01 Å². The molecule has 0 aliphatic carbocycles. The van der Waals surface area contributed by atoms with E-state index < -0.39 is 0 Å². The van der Waals surface area contributed by atoms with Gasteiger partial charge in [-0.1, -0.05) is 11.6 Å². The van der Waals surface area contributed by atoms with Crippen molar-refractivity contribution in [2.24, 2.45) is 5.10 Å². The first kappa shape index (κ1) is 22.6. The lowest BCUT2D eigenvalue weighted by Crippen LogP contribution is -2.38. The Morgan fingerprint density at radius 3 is 2.74 bits per heavy atom. The van der Waals surface area contributed by atoms with E-state index in [1.807, 2.05) is 24.3 Å². The van der Waals surface area contributed by atoms with Crippen molar-refractivity contribution >= 4 is 22.6 Å². The number of morpholine rings is 1. The second-order valence-corrected chi connectivity index (χ2v) is 8.77. The molecule has 2 aliphatic heterocycles. The van der Waals surface area contributed by atoms with Crippen molar-refractivity contribution in [2.75, 3.05) is 62.9 Å². The van der Waals surface area contributed by atoms with Crippen LogP contribution in [0.4, 0.5) is 11.6 Å². The summed E-state index contributed by atoms with van der Waals surface area (Å²) in [5.74, 6) is 1.48. The van der Waals surface area contributed by atoms with E-state index in [-0.39, 0.29) is 0 Å². The number of hydrogen-bond acceptors (Lipinski definition) is 9. The summed E-state index contributed by atoms with van der Waals surface area (Å²) in [5, 5.41) is 6.37. The average molecular weight is 465 g/mol. The normalized spacial score (nSPS) is 17.8. The van der Waals surface area contributed by atoms with Gasteiger partial charge in [0.2, 0.25) is 0 Å². The predicted octanol–water partition coefficient (Wildman–Crippen LogP) is 3.16. The Labute approximate surface area is 199 Å². The number of benzene rings is 1. The lowest BCUT2D eigenvalue weighted by molar-refractivity contribution is 0.0317. The second-order valence-electron chi connectivity index (χ2n) is 8.77. The molecular weight excluding hydrogens is 432 g/mol. The highest BCUT2D eigenvalue weighted by atomic mass is 16.5. The van der Waals surface area contributed by atoms with Gasteiger partial charge in [-0.05, 0) is 38.3 Å². The number of piperidine rings is 1. The van der Waals surface area contributed by atoms with E-state index in [9.17, 15) is 0 Å². The molecule has 4 heterocycles. The quantitative estimate of drug-likeness (QED) is 0.534. The number of anilines is 2. The zero-order valence-electron chi connectivity index (χ0n) is 19.7. The molecular formula is C25H32N6O3. The summed E-state index contributed by atoms with van der Waals surface area (Å²) in [6.45, 7) is 8.81.